The van der Waals surface area contributed by atoms with E-state index < -0.39 is 12.0 Å². The molecule has 1 aromatic rings. The van der Waals surface area contributed by atoms with Gasteiger partial charge in [-0.1, -0.05) is 18.2 Å². The fraction of sp³-hybridized carbons (Fsp3) is 0.214. The molecule has 0 spiro atoms. The molecule has 0 saturated heterocycles. The zero-order chi connectivity index (χ0) is 15.7. The average Bonchev–Trinajstić information content (AvgIpc) is 2.46. The average molecular weight is 310 g/mol. The number of carbonyl (C=O) groups is 2. The van der Waals surface area contributed by atoms with Gasteiger partial charge in [0.25, 0.3) is 5.91 Å². The quantitative estimate of drug-likeness (QED) is 0.646. The van der Waals surface area contributed by atoms with Crippen molar-refractivity contribution in [2.75, 3.05) is 18.5 Å². The van der Waals surface area contributed by atoms with E-state index in [1.54, 1.807) is 31.2 Å². The number of nitrogens with zero attached hydrogens (tertiary/aromatic N) is 1. The van der Waals surface area contributed by atoms with Gasteiger partial charge in [0.1, 0.15) is 6.54 Å². The van der Waals surface area contributed by atoms with E-state index in [2.05, 4.69) is 5.32 Å². The van der Waals surface area contributed by atoms with Crippen LogP contribution in [-0.2, 0) is 14.3 Å². The minimum Gasteiger partial charge on any atom is -0.450 e. The Morgan fingerprint density at radius 2 is 2.14 bits per heavy atom. The zero-order valence-electron chi connectivity index (χ0n) is 11.3. The summed E-state index contributed by atoms with van der Waals surface area (Å²) >= 11 is 5.54. The van der Waals surface area contributed by atoms with Gasteiger partial charge in [-0.05, 0) is 24.6 Å². The summed E-state index contributed by atoms with van der Waals surface area (Å²) in [6, 6.07) is 6.85. The van der Waals surface area contributed by atoms with E-state index in [0.29, 0.717) is 15.7 Å². The number of nitrogens with one attached hydrogen (secondary N) is 1. The molecule has 0 aliphatic rings. The highest BCUT2D eigenvalue weighted by Gasteiger charge is 2.08. The molecule has 0 bridgehead atoms. The van der Waals surface area contributed by atoms with Crippen molar-refractivity contribution >= 4 is 41.8 Å². The molecule has 0 heterocycles. The number of halogens is 1. The summed E-state index contributed by atoms with van der Waals surface area (Å²) in [4.78, 5) is 33.1. The van der Waals surface area contributed by atoms with Crippen LogP contribution in [-0.4, -0.2) is 35.9 Å². The van der Waals surface area contributed by atoms with E-state index in [0.717, 1.165) is 0 Å². The molecule has 0 aliphatic carbocycles. The number of hydrogen-bond acceptors (Lipinski definition) is 4. The molecule has 1 radical (unpaired) electrons. The molecule has 1 rings (SSSR count). The van der Waals surface area contributed by atoms with Gasteiger partial charge in [-0.2, -0.15) is 0 Å². The maximum atomic E-state index is 11.6. The van der Waals surface area contributed by atoms with Crippen LogP contribution in [0.4, 0.5) is 10.5 Å². The van der Waals surface area contributed by atoms with Crippen molar-refractivity contribution in [2.24, 2.45) is 0 Å². The summed E-state index contributed by atoms with van der Waals surface area (Å²) in [7, 11) is 0. The first-order valence-corrected chi connectivity index (χ1v) is 6.45. The molecule has 6 nitrogen and oxygen atoms in total. The molecule has 21 heavy (non-hydrogen) atoms. The summed E-state index contributed by atoms with van der Waals surface area (Å²) in [5.41, 5.74) is 1.09. The molecule has 2 amide bonds. The lowest BCUT2D eigenvalue weighted by Crippen LogP contribution is -2.20. The monoisotopic (exact) mass is 309 g/mol. The van der Waals surface area contributed by atoms with E-state index in [1.807, 2.05) is 0 Å². The smallest absolute Gasteiger partial charge is 0.411 e. The van der Waals surface area contributed by atoms with Gasteiger partial charge in [-0.25, -0.2) is 9.21 Å². The maximum Gasteiger partial charge on any atom is 0.411 e. The second-order valence-electron chi connectivity index (χ2n) is 3.77. The van der Waals surface area contributed by atoms with Crippen molar-refractivity contribution in [3.63, 3.8) is 0 Å². The van der Waals surface area contributed by atoms with Crippen LogP contribution in [0.25, 0.3) is 6.08 Å². The van der Waals surface area contributed by atoms with E-state index in [1.165, 1.54) is 18.4 Å². The van der Waals surface area contributed by atoms with Crippen molar-refractivity contribution in [3.8, 4) is 0 Å². The van der Waals surface area contributed by atoms with Gasteiger partial charge < -0.3 is 4.74 Å². The summed E-state index contributed by atoms with van der Waals surface area (Å²) < 4.78 is 5.48. The highest BCUT2D eigenvalue weighted by molar-refractivity contribution is 6.24. The first kappa shape index (κ1) is 16.7. The Morgan fingerprint density at radius 3 is 2.81 bits per heavy atom. The summed E-state index contributed by atoms with van der Waals surface area (Å²) in [6.07, 6.45) is 3.60. The molecule has 1 N–H and O–H groups in total. The number of rotatable bonds is 6. The van der Waals surface area contributed by atoms with Crippen molar-refractivity contribution in [1.29, 1.82) is 0 Å². The van der Waals surface area contributed by atoms with E-state index in [4.69, 9.17) is 16.5 Å². The molecule has 0 aliphatic heterocycles. The van der Waals surface area contributed by atoms with Crippen LogP contribution in [0.5, 0.6) is 0 Å². The minimum absolute atomic E-state index is 0.256. The lowest BCUT2D eigenvalue weighted by Gasteiger charge is -2.09. The van der Waals surface area contributed by atoms with Crippen LogP contribution in [0.3, 0.4) is 0 Å². The van der Waals surface area contributed by atoms with Crippen molar-refractivity contribution < 1.29 is 19.1 Å². The van der Waals surface area contributed by atoms with Gasteiger partial charge >= 0.3 is 6.09 Å². The van der Waals surface area contributed by atoms with Gasteiger partial charge in [-0.3, -0.25) is 14.9 Å². The molecular formula is C14H14ClN2O4. The van der Waals surface area contributed by atoms with Crippen LogP contribution >= 0.6 is 11.8 Å². The highest BCUT2D eigenvalue weighted by Crippen LogP contribution is 2.17. The second-order valence-corrected chi connectivity index (χ2v) is 4.18. The van der Waals surface area contributed by atoms with Crippen molar-refractivity contribution in [2.45, 2.75) is 6.92 Å². The van der Waals surface area contributed by atoms with Gasteiger partial charge in [0.2, 0.25) is 6.29 Å². The first-order valence-electron chi connectivity index (χ1n) is 6.11. The molecule has 0 aromatic heterocycles. The van der Waals surface area contributed by atoms with E-state index in [9.17, 15) is 14.4 Å². The fourth-order valence-corrected chi connectivity index (χ4v) is 1.51. The van der Waals surface area contributed by atoms with Gasteiger partial charge in [0.05, 0.1) is 12.3 Å². The maximum absolute atomic E-state index is 11.6. The van der Waals surface area contributed by atoms with Crippen LogP contribution in [0.1, 0.15) is 12.5 Å². The van der Waals surface area contributed by atoms with Crippen molar-refractivity contribution in [1.82, 2.24) is 4.42 Å². The molecule has 1 aromatic carbocycles. The Bertz CT molecular complexity index is 546. The van der Waals surface area contributed by atoms with Crippen LogP contribution in [0, 0.1) is 0 Å². The van der Waals surface area contributed by atoms with Gasteiger partial charge in [0, 0.05) is 17.9 Å². The predicted molar refractivity (Wildman–Crippen MR) is 79.4 cm³/mol. The molecule has 0 fully saturated rings. The van der Waals surface area contributed by atoms with Crippen LogP contribution in [0.15, 0.2) is 30.3 Å². The summed E-state index contributed by atoms with van der Waals surface area (Å²) in [6.45, 7) is 1.63. The number of carbonyl (C=O) groups excluding carboxylic acids is 3. The summed E-state index contributed by atoms with van der Waals surface area (Å²) in [5, 5.41) is 2.56. The third-order valence-corrected chi connectivity index (χ3v) is 2.61. The molecule has 0 saturated carbocycles. The molecule has 0 atom stereocenters. The Morgan fingerprint density at radius 1 is 1.43 bits per heavy atom. The van der Waals surface area contributed by atoms with Gasteiger partial charge in [-0.15, -0.1) is 0 Å². The number of ether oxygens (including phenoxy) is 1. The SMILES string of the molecule is CCOC(=O)Nc1ccccc1/C=C/C(=O)N(Cl)C[C]=O. The second kappa shape index (κ2) is 8.76. The topological polar surface area (TPSA) is 75.7 Å². The van der Waals surface area contributed by atoms with E-state index in [-0.39, 0.29) is 13.2 Å². The predicted octanol–water partition coefficient (Wildman–Crippen LogP) is 2.36. The van der Waals surface area contributed by atoms with Crippen LogP contribution < -0.4 is 5.32 Å². The number of anilines is 1. The highest BCUT2D eigenvalue weighted by atomic mass is 35.5. The minimum atomic E-state index is -0.584. The van der Waals surface area contributed by atoms with Crippen molar-refractivity contribution in [3.05, 3.63) is 35.9 Å². The third-order valence-electron chi connectivity index (χ3n) is 2.32. The van der Waals surface area contributed by atoms with Crippen LogP contribution in [0.2, 0.25) is 0 Å². The largest absolute Gasteiger partial charge is 0.450 e. The lowest BCUT2D eigenvalue weighted by atomic mass is 10.1. The molecular weight excluding hydrogens is 296 g/mol. The Balaban J connectivity index is 2.81. The summed E-state index contributed by atoms with van der Waals surface area (Å²) in [5.74, 6) is -0.564. The first-order chi connectivity index (χ1) is 10.1. The Labute approximate surface area is 127 Å². The van der Waals surface area contributed by atoms with E-state index >= 15 is 0 Å². The molecule has 0 unspecified atom stereocenters. The molecule has 7 heteroatoms. The number of benzene rings is 1. The fourth-order valence-electron chi connectivity index (χ4n) is 1.41. The molecule has 111 valence electrons. The Hall–Kier alpha value is -2.34. The third kappa shape index (κ3) is 5.66. The zero-order valence-corrected chi connectivity index (χ0v) is 12.1. The number of hydrogen-bond donors (Lipinski definition) is 1. The Kier molecular flexibility index (Phi) is 6.97. The lowest BCUT2D eigenvalue weighted by molar-refractivity contribution is -0.121. The number of para-hydroxylation sites is 1. The number of amides is 2. The standard InChI is InChI=1S/C14H14ClN2O4/c1-2-21-14(20)16-12-6-4-3-5-11(12)7-8-13(19)17(15)9-10-18/h3-8H,2,9H2,1H3,(H,16,20)/b8-7+. The van der Waals surface area contributed by atoms with Gasteiger partial charge in [0.15, 0.2) is 0 Å². The normalized spacial score (nSPS) is 10.2.